The Bertz CT molecular complexity index is 1490. The summed E-state index contributed by atoms with van der Waals surface area (Å²) in [7, 11) is -3.41. The van der Waals surface area contributed by atoms with Crippen LogP contribution in [0.3, 0.4) is 0 Å². The van der Waals surface area contributed by atoms with E-state index in [-0.39, 0.29) is 13.2 Å². The standard InChI is InChI=1S/C31H34N2O6S/c1-23-30(32-40(2,36)37)12-7-13-31(23)33(19-24-8-4-3-5-9-24)20-25-14-16-27(17-15-25)39-29-11-6-10-28(18-29)38-22-26(35)21-34/h3-18,26,32,34-35H,19-22H2,1-2H3/t26-/m0/s1. The molecule has 0 fully saturated rings. The highest BCUT2D eigenvalue weighted by atomic mass is 32.2. The predicted octanol–water partition coefficient (Wildman–Crippen LogP) is 5.10. The highest BCUT2D eigenvalue weighted by Gasteiger charge is 2.15. The number of ether oxygens (including phenoxy) is 2. The van der Waals surface area contributed by atoms with E-state index in [0.717, 1.165) is 28.6 Å². The van der Waals surface area contributed by atoms with Gasteiger partial charge in [-0.05, 0) is 60.0 Å². The van der Waals surface area contributed by atoms with Crippen LogP contribution in [0.5, 0.6) is 17.2 Å². The molecule has 0 saturated heterocycles. The maximum Gasteiger partial charge on any atom is 0.229 e. The van der Waals surface area contributed by atoms with Gasteiger partial charge < -0.3 is 24.6 Å². The van der Waals surface area contributed by atoms with Crippen LogP contribution in [0.25, 0.3) is 0 Å². The van der Waals surface area contributed by atoms with Crippen molar-refractivity contribution in [3.8, 4) is 17.2 Å². The average Bonchev–Trinajstić information content (AvgIpc) is 2.94. The lowest BCUT2D eigenvalue weighted by molar-refractivity contribution is 0.0535. The number of benzene rings is 4. The minimum absolute atomic E-state index is 0.0131. The van der Waals surface area contributed by atoms with Gasteiger partial charge in [0, 0.05) is 24.8 Å². The highest BCUT2D eigenvalue weighted by molar-refractivity contribution is 7.92. The third kappa shape index (κ3) is 8.47. The van der Waals surface area contributed by atoms with Gasteiger partial charge in [-0.2, -0.15) is 0 Å². The third-order valence-corrected chi connectivity index (χ3v) is 6.74. The van der Waals surface area contributed by atoms with Crippen molar-refractivity contribution in [2.45, 2.75) is 26.1 Å². The van der Waals surface area contributed by atoms with Gasteiger partial charge in [0.05, 0.1) is 18.6 Å². The number of hydrogen-bond acceptors (Lipinski definition) is 7. The van der Waals surface area contributed by atoms with Crippen molar-refractivity contribution >= 4 is 21.4 Å². The normalized spacial score (nSPS) is 12.0. The van der Waals surface area contributed by atoms with Crippen molar-refractivity contribution < 1.29 is 28.1 Å². The fourth-order valence-electron chi connectivity index (χ4n) is 4.20. The molecule has 0 aliphatic heterocycles. The van der Waals surface area contributed by atoms with E-state index < -0.39 is 16.1 Å². The zero-order valence-corrected chi connectivity index (χ0v) is 23.3. The lowest BCUT2D eigenvalue weighted by Crippen LogP contribution is -2.23. The molecule has 0 aromatic heterocycles. The zero-order valence-electron chi connectivity index (χ0n) is 22.5. The molecule has 40 heavy (non-hydrogen) atoms. The van der Waals surface area contributed by atoms with Gasteiger partial charge in [-0.3, -0.25) is 4.72 Å². The maximum atomic E-state index is 11.9. The smallest absolute Gasteiger partial charge is 0.229 e. The van der Waals surface area contributed by atoms with Gasteiger partial charge in [-0.25, -0.2) is 8.42 Å². The Morgan fingerprint density at radius 1 is 0.825 bits per heavy atom. The van der Waals surface area contributed by atoms with Gasteiger partial charge in [0.2, 0.25) is 10.0 Å². The summed E-state index contributed by atoms with van der Waals surface area (Å²) in [6.45, 7) is 2.77. The molecule has 0 radical (unpaired) electrons. The van der Waals surface area contributed by atoms with Gasteiger partial charge in [0.15, 0.2) is 0 Å². The summed E-state index contributed by atoms with van der Waals surface area (Å²) in [6, 6.07) is 30.6. The summed E-state index contributed by atoms with van der Waals surface area (Å²) in [5, 5.41) is 18.5. The number of hydrogen-bond donors (Lipinski definition) is 3. The molecule has 0 heterocycles. The number of sulfonamides is 1. The van der Waals surface area contributed by atoms with E-state index >= 15 is 0 Å². The molecule has 0 amide bonds. The molecule has 0 saturated carbocycles. The van der Waals surface area contributed by atoms with E-state index in [1.165, 1.54) is 0 Å². The van der Waals surface area contributed by atoms with Crippen LogP contribution in [0.4, 0.5) is 11.4 Å². The second kappa shape index (κ2) is 13.3. The number of nitrogens with zero attached hydrogens (tertiary/aromatic N) is 1. The monoisotopic (exact) mass is 562 g/mol. The Kier molecular flexibility index (Phi) is 9.65. The number of aliphatic hydroxyl groups is 2. The molecule has 0 aliphatic carbocycles. The Morgan fingerprint density at radius 2 is 1.48 bits per heavy atom. The molecule has 210 valence electrons. The molecule has 1 atom stereocenters. The van der Waals surface area contributed by atoms with Gasteiger partial charge in [-0.1, -0.05) is 54.6 Å². The SMILES string of the molecule is Cc1c(NS(C)(=O)=O)cccc1N(Cc1ccccc1)Cc1ccc(Oc2cccc(OC[C@@H](O)CO)c2)cc1. The molecule has 4 aromatic rings. The van der Waals surface area contributed by atoms with Crippen molar-refractivity contribution in [3.05, 3.63) is 114 Å². The minimum atomic E-state index is -3.41. The Hall–Kier alpha value is -4.05. The minimum Gasteiger partial charge on any atom is -0.491 e. The third-order valence-electron chi connectivity index (χ3n) is 6.15. The van der Waals surface area contributed by atoms with Crippen LogP contribution in [-0.4, -0.2) is 44.2 Å². The number of aliphatic hydroxyl groups excluding tert-OH is 2. The Labute approximate surface area is 235 Å². The van der Waals surface area contributed by atoms with E-state index in [2.05, 4.69) is 21.8 Å². The summed E-state index contributed by atoms with van der Waals surface area (Å²) >= 11 is 0. The van der Waals surface area contributed by atoms with Gasteiger partial charge >= 0.3 is 0 Å². The van der Waals surface area contributed by atoms with E-state index in [0.29, 0.717) is 36.0 Å². The van der Waals surface area contributed by atoms with Crippen molar-refractivity contribution in [1.82, 2.24) is 0 Å². The average molecular weight is 563 g/mol. The molecular weight excluding hydrogens is 528 g/mol. The number of anilines is 2. The maximum absolute atomic E-state index is 11.9. The topological polar surface area (TPSA) is 108 Å². The lowest BCUT2D eigenvalue weighted by atomic mass is 10.1. The fraction of sp³-hybridized carbons (Fsp3) is 0.226. The van der Waals surface area contributed by atoms with Crippen LogP contribution in [0.1, 0.15) is 16.7 Å². The van der Waals surface area contributed by atoms with Crippen molar-refractivity contribution in [2.24, 2.45) is 0 Å². The Balaban J connectivity index is 1.52. The van der Waals surface area contributed by atoms with E-state index in [4.69, 9.17) is 14.6 Å². The van der Waals surface area contributed by atoms with Crippen molar-refractivity contribution in [3.63, 3.8) is 0 Å². The molecule has 0 aliphatic rings. The largest absolute Gasteiger partial charge is 0.491 e. The van der Waals surface area contributed by atoms with Crippen LogP contribution in [0.2, 0.25) is 0 Å². The quantitative estimate of drug-likeness (QED) is 0.208. The van der Waals surface area contributed by atoms with Crippen molar-refractivity contribution in [1.29, 1.82) is 0 Å². The van der Waals surface area contributed by atoms with Crippen molar-refractivity contribution in [2.75, 3.05) is 29.1 Å². The van der Waals surface area contributed by atoms with E-state index in [1.54, 1.807) is 24.3 Å². The summed E-state index contributed by atoms with van der Waals surface area (Å²) in [6.07, 6.45) is 0.205. The van der Waals surface area contributed by atoms with E-state index in [9.17, 15) is 13.5 Å². The van der Waals surface area contributed by atoms with E-state index in [1.807, 2.05) is 67.6 Å². The molecule has 0 spiro atoms. The van der Waals surface area contributed by atoms with Gasteiger partial charge in [0.1, 0.15) is 30.0 Å². The summed E-state index contributed by atoms with van der Waals surface area (Å²) in [4.78, 5) is 2.22. The summed E-state index contributed by atoms with van der Waals surface area (Å²) in [5.74, 6) is 1.77. The first kappa shape index (κ1) is 28.9. The zero-order chi connectivity index (χ0) is 28.5. The van der Waals surface area contributed by atoms with Crippen LogP contribution < -0.4 is 19.1 Å². The second-order valence-corrected chi connectivity index (χ2v) is 11.3. The molecular formula is C31H34N2O6S. The first-order chi connectivity index (χ1) is 19.2. The molecule has 0 bridgehead atoms. The first-order valence-electron chi connectivity index (χ1n) is 12.8. The molecule has 0 unspecified atom stereocenters. The first-order valence-corrected chi connectivity index (χ1v) is 14.7. The van der Waals surface area contributed by atoms with Crippen LogP contribution in [0, 0.1) is 6.92 Å². The Morgan fingerprint density at radius 3 is 2.15 bits per heavy atom. The predicted molar refractivity (Wildman–Crippen MR) is 158 cm³/mol. The summed E-state index contributed by atoms with van der Waals surface area (Å²) < 4.78 is 37.9. The highest BCUT2D eigenvalue weighted by Crippen LogP contribution is 2.31. The van der Waals surface area contributed by atoms with Crippen LogP contribution in [0.15, 0.2) is 97.1 Å². The second-order valence-electron chi connectivity index (χ2n) is 9.53. The van der Waals surface area contributed by atoms with Gasteiger partial charge in [0.25, 0.3) is 0 Å². The van der Waals surface area contributed by atoms with Crippen LogP contribution in [-0.2, 0) is 23.1 Å². The number of rotatable bonds is 13. The molecule has 4 aromatic carbocycles. The number of nitrogens with one attached hydrogen (secondary N) is 1. The lowest BCUT2D eigenvalue weighted by Gasteiger charge is -2.28. The molecule has 4 rings (SSSR count). The fourth-order valence-corrected chi connectivity index (χ4v) is 4.82. The molecule has 8 nitrogen and oxygen atoms in total. The van der Waals surface area contributed by atoms with Crippen LogP contribution >= 0.6 is 0 Å². The van der Waals surface area contributed by atoms with Gasteiger partial charge in [-0.15, -0.1) is 0 Å². The summed E-state index contributed by atoms with van der Waals surface area (Å²) in [5.41, 5.74) is 4.52. The molecule has 9 heteroatoms. The molecule has 3 N–H and O–H groups in total.